The summed E-state index contributed by atoms with van der Waals surface area (Å²) in [6.45, 7) is 1.13. The number of carboxylic acid groups (broad SMARTS) is 1. The van der Waals surface area contributed by atoms with Gasteiger partial charge in [0.1, 0.15) is 0 Å². The van der Waals surface area contributed by atoms with E-state index < -0.39 is 21.2 Å². The maximum absolute atomic E-state index is 11.8. The summed E-state index contributed by atoms with van der Waals surface area (Å²) in [5.41, 5.74) is 1.10. The zero-order valence-electron chi connectivity index (χ0n) is 10.7. The van der Waals surface area contributed by atoms with Gasteiger partial charge in [0.25, 0.3) is 0 Å². The van der Waals surface area contributed by atoms with Crippen LogP contribution in [0.15, 0.2) is 48.8 Å². The van der Waals surface area contributed by atoms with Crippen molar-refractivity contribution < 1.29 is 18.3 Å². The van der Waals surface area contributed by atoms with Crippen LogP contribution in [0.1, 0.15) is 6.92 Å². The fraction of sp³-hybridized carbons (Fsp3) is 0.154. The van der Waals surface area contributed by atoms with Crippen LogP contribution in [-0.2, 0) is 14.8 Å². The SMILES string of the molecule is CC(C(=O)O)S(=O)(=O)Nc1cccc(-n2cccc2)c1. The van der Waals surface area contributed by atoms with Gasteiger partial charge in [-0.25, -0.2) is 8.42 Å². The summed E-state index contributed by atoms with van der Waals surface area (Å²) in [6.07, 6.45) is 3.65. The predicted molar refractivity (Wildman–Crippen MR) is 75.4 cm³/mol. The Hall–Kier alpha value is -2.28. The van der Waals surface area contributed by atoms with Crippen molar-refractivity contribution >= 4 is 21.7 Å². The van der Waals surface area contributed by atoms with Gasteiger partial charge in [0.05, 0.1) is 5.69 Å². The summed E-state index contributed by atoms with van der Waals surface area (Å²) in [5.74, 6) is -1.39. The van der Waals surface area contributed by atoms with E-state index in [1.54, 1.807) is 18.2 Å². The van der Waals surface area contributed by atoms with Crippen LogP contribution in [0.25, 0.3) is 5.69 Å². The molecule has 0 amide bonds. The molecule has 0 aliphatic rings. The molecule has 0 saturated heterocycles. The zero-order chi connectivity index (χ0) is 14.8. The molecular formula is C13H14N2O4S. The Morgan fingerprint density at radius 1 is 1.25 bits per heavy atom. The van der Waals surface area contributed by atoms with Gasteiger partial charge < -0.3 is 9.67 Å². The van der Waals surface area contributed by atoms with E-state index in [1.807, 2.05) is 35.2 Å². The number of hydrogen-bond acceptors (Lipinski definition) is 3. The van der Waals surface area contributed by atoms with Crippen molar-refractivity contribution in [3.63, 3.8) is 0 Å². The molecule has 1 unspecified atom stereocenters. The Balaban J connectivity index is 2.27. The molecule has 0 saturated carbocycles. The second-order valence-electron chi connectivity index (χ2n) is 4.27. The van der Waals surface area contributed by atoms with Gasteiger partial charge >= 0.3 is 5.97 Å². The van der Waals surface area contributed by atoms with Gasteiger partial charge in [0, 0.05) is 18.1 Å². The minimum absolute atomic E-state index is 0.323. The minimum atomic E-state index is -3.96. The van der Waals surface area contributed by atoms with Crippen molar-refractivity contribution in [2.24, 2.45) is 0 Å². The quantitative estimate of drug-likeness (QED) is 0.878. The summed E-state index contributed by atoms with van der Waals surface area (Å²) in [4.78, 5) is 10.8. The van der Waals surface area contributed by atoms with Crippen LogP contribution in [0.5, 0.6) is 0 Å². The lowest BCUT2D eigenvalue weighted by molar-refractivity contribution is -0.136. The maximum atomic E-state index is 11.8. The molecule has 1 aromatic carbocycles. The highest BCUT2D eigenvalue weighted by Gasteiger charge is 2.27. The maximum Gasteiger partial charge on any atom is 0.323 e. The first-order chi connectivity index (χ1) is 9.40. The summed E-state index contributed by atoms with van der Waals surface area (Å²) in [6, 6.07) is 10.4. The Kier molecular flexibility index (Phi) is 3.80. The second kappa shape index (κ2) is 5.38. The first kappa shape index (κ1) is 14.1. The Morgan fingerprint density at radius 3 is 2.50 bits per heavy atom. The van der Waals surface area contributed by atoms with E-state index in [4.69, 9.17) is 5.11 Å². The third-order valence-electron chi connectivity index (χ3n) is 2.82. The summed E-state index contributed by atoms with van der Waals surface area (Å²) in [5, 5.41) is 7.26. The molecule has 20 heavy (non-hydrogen) atoms. The standard InChI is InChI=1S/C13H14N2O4S/c1-10(13(16)17)20(18,19)14-11-5-4-6-12(9-11)15-7-2-3-8-15/h2-10,14H,1H3,(H,16,17). The molecule has 2 aromatic rings. The molecule has 0 bridgehead atoms. The normalized spacial score (nSPS) is 12.8. The van der Waals surface area contributed by atoms with Gasteiger partial charge in [-0.2, -0.15) is 0 Å². The number of benzene rings is 1. The molecule has 1 atom stereocenters. The molecule has 0 radical (unpaired) electrons. The van der Waals surface area contributed by atoms with Crippen LogP contribution in [0.4, 0.5) is 5.69 Å². The number of anilines is 1. The van der Waals surface area contributed by atoms with E-state index in [-0.39, 0.29) is 0 Å². The van der Waals surface area contributed by atoms with E-state index in [9.17, 15) is 13.2 Å². The number of nitrogens with zero attached hydrogens (tertiary/aromatic N) is 1. The van der Waals surface area contributed by atoms with Crippen LogP contribution in [0, 0.1) is 0 Å². The Labute approximate surface area is 116 Å². The van der Waals surface area contributed by atoms with Gasteiger partial charge in [0.15, 0.2) is 5.25 Å². The molecule has 1 heterocycles. The molecular weight excluding hydrogens is 280 g/mol. The number of carbonyl (C=O) groups is 1. The molecule has 0 spiro atoms. The van der Waals surface area contributed by atoms with Gasteiger partial charge in [-0.1, -0.05) is 6.07 Å². The van der Waals surface area contributed by atoms with Crippen LogP contribution in [-0.4, -0.2) is 29.3 Å². The average Bonchev–Trinajstić information content (AvgIpc) is 2.91. The van der Waals surface area contributed by atoms with Gasteiger partial charge in [-0.15, -0.1) is 0 Å². The van der Waals surface area contributed by atoms with Crippen LogP contribution in [0.3, 0.4) is 0 Å². The Morgan fingerprint density at radius 2 is 1.90 bits per heavy atom. The molecule has 0 aliphatic carbocycles. The highest BCUT2D eigenvalue weighted by atomic mass is 32.2. The Bertz CT molecular complexity index is 708. The zero-order valence-corrected chi connectivity index (χ0v) is 11.5. The fourth-order valence-electron chi connectivity index (χ4n) is 1.62. The summed E-state index contributed by atoms with van der Waals surface area (Å²) >= 11 is 0. The first-order valence-electron chi connectivity index (χ1n) is 5.88. The van der Waals surface area contributed by atoms with E-state index in [0.717, 1.165) is 12.6 Å². The average molecular weight is 294 g/mol. The van der Waals surface area contributed by atoms with E-state index >= 15 is 0 Å². The monoisotopic (exact) mass is 294 g/mol. The molecule has 2 rings (SSSR count). The highest BCUT2D eigenvalue weighted by Crippen LogP contribution is 2.17. The van der Waals surface area contributed by atoms with E-state index in [1.165, 1.54) is 0 Å². The molecule has 0 fully saturated rings. The fourth-order valence-corrected chi connectivity index (χ4v) is 2.52. The van der Waals surface area contributed by atoms with Crippen LogP contribution in [0.2, 0.25) is 0 Å². The number of aromatic nitrogens is 1. The third-order valence-corrected chi connectivity index (χ3v) is 4.47. The van der Waals surface area contributed by atoms with Crippen molar-refractivity contribution in [2.45, 2.75) is 12.2 Å². The second-order valence-corrected chi connectivity index (χ2v) is 6.27. The van der Waals surface area contributed by atoms with Crippen molar-refractivity contribution in [1.29, 1.82) is 0 Å². The van der Waals surface area contributed by atoms with Crippen molar-refractivity contribution in [2.75, 3.05) is 4.72 Å². The largest absolute Gasteiger partial charge is 0.480 e. The molecule has 1 aromatic heterocycles. The molecule has 6 nitrogen and oxygen atoms in total. The van der Waals surface area contributed by atoms with Crippen LogP contribution < -0.4 is 4.72 Å². The van der Waals surface area contributed by atoms with E-state index in [0.29, 0.717) is 5.69 Å². The lowest BCUT2D eigenvalue weighted by Gasteiger charge is -2.12. The van der Waals surface area contributed by atoms with Gasteiger partial charge in [0.2, 0.25) is 10.0 Å². The first-order valence-corrected chi connectivity index (χ1v) is 7.42. The molecule has 106 valence electrons. The number of aliphatic carboxylic acids is 1. The smallest absolute Gasteiger partial charge is 0.323 e. The third kappa shape index (κ3) is 3.00. The summed E-state index contributed by atoms with van der Waals surface area (Å²) in [7, 11) is -3.96. The van der Waals surface area contributed by atoms with Crippen molar-refractivity contribution in [1.82, 2.24) is 4.57 Å². The lowest BCUT2D eigenvalue weighted by atomic mass is 10.3. The number of hydrogen-bond donors (Lipinski definition) is 2. The van der Waals surface area contributed by atoms with Crippen LogP contribution >= 0.6 is 0 Å². The number of carboxylic acids is 1. The number of rotatable bonds is 5. The molecule has 0 aliphatic heterocycles. The lowest BCUT2D eigenvalue weighted by Crippen LogP contribution is -2.32. The van der Waals surface area contributed by atoms with Crippen molar-refractivity contribution in [3.05, 3.63) is 48.8 Å². The van der Waals surface area contributed by atoms with E-state index in [2.05, 4.69) is 4.72 Å². The van der Waals surface area contributed by atoms with Gasteiger partial charge in [-0.3, -0.25) is 9.52 Å². The highest BCUT2D eigenvalue weighted by molar-refractivity contribution is 7.94. The minimum Gasteiger partial charge on any atom is -0.480 e. The number of sulfonamides is 1. The molecule has 7 heteroatoms. The predicted octanol–water partition coefficient (Wildman–Crippen LogP) is 1.69. The topological polar surface area (TPSA) is 88.4 Å². The van der Waals surface area contributed by atoms with Crippen molar-refractivity contribution in [3.8, 4) is 5.69 Å². The summed E-state index contributed by atoms with van der Waals surface area (Å²) < 4.78 is 27.8. The van der Waals surface area contributed by atoms with Gasteiger partial charge in [-0.05, 0) is 37.3 Å². The number of nitrogens with one attached hydrogen (secondary N) is 1. The molecule has 2 N–H and O–H groups in total.